The van der Waals surface area contributed by atoms with Gasteiger partial charge in [0, 0.05) is 16.9 Å². The summed E-state index contributed by atoms with van der Waals surface area (Å²) < 4.78 is 0. The minimum atomic E-state index is -0.132. The van der Waals surface area contributed by atoms with Crippen molar-refractivity contribution in [2.24, 2.45) is 0 Å². The molecule has 0 aliphatic rings. The predicted molar refractivity (Wildman–Crippen MR) is 84.7 cm³/mol. The second-order valence-electron chi connectivity index (χ2n) is 4.90. The molecule has 0 bridgehead atoms. The van der Waals surface area contributed by atoms with Crippen LogP contribution in [-0.2, 0) is 4.79 Å². The number of hydrogen-bond acceptors (Lipinski definition) is 3. The van der Waals surface area contributed by atoms with Crippen LogP contribution in [0, 0.1) is 6.92 Å². The van der Waals surface area contributed by atoms with Crippen molar-refractivity contribution in [3.05, 3.63) is 59.7 Å². The molecule has 4 heteroatoms. The molecule has 4 nitrogen and oxygen atoms in total. The number of amides is 1. The normalized spacial score (nSPS) is 10.0. The first-order valence-corrected chi connectivity index (χ1v) is 6.76. The number of nitrogens with one attached hydrogen (secondary N) is 2. The van der Waals surface area contributed by atoms with Gasteiger partial charge in [0.05, 0.1) is 6.54 Å². The maximum absolute atomic E-state index is 11.8. The number of rotatable bonds is 5. The topological polar surface area (TPSA) is 58.2 Å². The van der Waals surface area contributed by atoms with Crippen LogP contribution in [0.1, 0.15) is 22.8 Å². The Labute approximate surface area is 124 Å². The quantitative estimate of drug-likeness (QED) is 0.828. The van der Waals surface area contributed by atoms with E-state index in [9.17, 15) is 9.59 Å². The van der Waals surface area contributed by atoms with Gasteiger partial charge >= 0.3 is 0 Å². The van der Waals surface area contributed by atoms with Crippen LogP contribution in [0.3, 0.4) is 0 Å². The SMILES string of the molecule is CC(=O)c1ccc(NC(=O)CNc2cccc(C)c2)cc1. The molecule has 0 aliphatic heterocycles. The van der Waals surface area contributed by atoms with Crippen LogP contribution in [0.5, 0.6) is 0 Å². The molecule has 21 heavy (non-hydrogen) atoms. The first-order valence-electron chi connectivity index (χ1n) is 6.76. The lowest BCUT2D eigenvalue weighted by Crippen LogP contribution is -2.21. The highest BCUT2D eigenvalue weighted by Crippen LogP contribution is 2.11. The molecule has 2 rings (SSSR count). The van der Waals surface area contributed by atoms with Gasteiger partial charge in [-0.3, -0.25) is 9.59 Å². The molecule has 0 atom stereocenters. The Morgan fingerprint density at radius 1 is 1.00 bits per heavy atom. The van der Waals surface area contributed by atoms with Gasteiger partial charge in [0.15, 0.2) is 5.78 Å². The van der Waals surface area contributed by atoms with Gasteiger partial charge < -0.3 is 10.6 Å². The van der Waals surface area contributed by atoms with Crippen LogP contribution in [0.2, 0.25) is 0 Å². The van der Waals surface area contributed by atoms with Crippen LogP contribution in [0.15, 0.2) is 48.5 Å². The molecular formula is C17H18N2O2. The van der Waals surface area contributed by atoms with E-state index in [1.165, 1.54) is 6.92 Å². The van der Waals surface area contributed by atoms with Gasteiger partial charge in [0.25, 0.3) is 0 Å². The lowest BCUT2D eigenvalue weighted by Gasteiger charge is -2.08. The second-order valence-corrected chi connectivity index (χ2v) is 4.90. The van der Waals surface area contributed by atoms with E-state index in [0.29, 0.717) is 11.3 Å². The summed E-state index contributed by atoms with van der Waals surface area (Å²) in [5, 5.41) is 5.85. The molecule has 2 aromatic carbocycles. The standard InChI is InChI=1S/C17H18N2O2/c1-12-4-3-5-16(10-12)18-11-17(21)19-15-8-6-14(7-9-15)13(2)20/h3-10,18H,11H2,1-2H3,(H,19,21). The molecular weight excluding hydrogens is 264 g/mol. The van der Waals surface area contributed by atoms with E-state index in [4.69, 9.17) is 0 Å². The average Bonchev–Trinajstić information content (AvgIpc) is 2.46. The van der Waals surface area contributed by atoms with E-state index in [1.54, 1.807) is 24.3 Å². The zero-order chi connectivity index (χ0) is 15.2. The molecule has 0 fully saturated rings. The molecule has 1 amide bonds. The summed E-state index contributed by atoms with van der Waals surface area (Å²) in [7, 11) is 0. The largest absolute Gasteiger partial charge is 0.376 e. The predicted octanol–water partition coefficient (Wildman–Crippen LogP) is 3.25. The highest BCUT2D eigenvalue weighted by atomic mass is 16.2. The van der Waals surface area contributed by atoms with E-state index in [-0.39, 0.29) is 18.2 Å². The summed E-state index contributed by atoms with van der Waals surface area (Å²) in [5.74, 6) is -0.124. The zero-order valence-electron chi connectivity index (χ0n) is 12.1. The third kappa shape index (κ3) is 4.45. The Morgan fingerprint density at radius 2 is 1.71 bits per heavy atom. The molecule has 0 saturated carbocycles. The van der Waals surface area contributed by atoms with Gasteiger partial charge in [-0.2, -0.15) is 0 Å². The highest BCUT2D eigenvalue weighted by Gasteiger charge is 2.04. The van der Waals surface area contributed by atoms with Gasteiger partial charge in [-0.1, -0.05) is 12.1 Å². The smallest absolute Gasteiger partial charge is 0.243 e. The maximum Gasteiger partial charge on any atom is 0.243 e. The van der Waals surface area contributed by atoms with Gasteiger partial charge in [0.1, 0.15) is 0 Å². The fourth-order valence-electron chi connectivity index (χ4n) is 1.93. The van der Waals surface area contributed by atoms with Crippen molar-refractivity contribution >= 4 is 23.1 Å². The van der Waals surface area contributed by atoms with E-state index in [1.807, 2.05) is 31.2 Å². The van der Waals surface area contributed by atoms with Crippen molar-refractivity contribution in [3.63, 3.8) is 0 Å². The number of carbonyl (C=O) groups is 2. The van der Waals surface area contributed by atoms with Crippen LogP contribution >= 0.6 is 0 Å². The Hall–Kier alpha value is -2.62. The van der Waals surface area contributed by atoms with Crippen LogP contribution < -0.4 is 10.6 Å². The van der Waals surface area contributed by atoms with Gasteiger partial charge in [-0.05, 0) is 55.8 Å². The Kier molecular flexibility index (Phi) is 4.72. The van der Waals surface area contributed by atoms with E-state index >= 15 is 0 Å². The summed E-state index contributed by atoms with van der Waals surface area (Å²) in [6.45, 7) is 3.71. The Balaban J connectivity index is 1.88. The number of carbonyl (C=O) groups excluding carboxylic acids is 2. The molecule has 0 heterocycles. The number of aryl methyl sites for hydroxylation is 1. The van der Waals surface area contributed by atoms with Crippen LogP contribution in [0.25, 0.3) is 0 Å². The number of ketones is 1. The van der Waals surface area contributed by atoms with E-state index < -0.39 is 0 Å². The minimum Gasteiger partial charge on any atom is -0.376 e. The molecule has 108 valence electrons. The number of Topliss-reactive ketones (excluding diaryl/α,β-unsaturated/α-hetero) is 1. The summed E-state index contributed by atoms with van der Waals surface area (Å²) >= 11 is 0. The van der Waals surface area contributed by atoms with Crippen molar-refractivity contribution < 1.29 is 9.59 Å². The third-order valence-corrected chi connectivity index (χ3v) is 3.05. The van der Waals surface area contributed by atoms with Crippen molar-refractivity contribution in [2.45, 2.75) is 13.8 Å². The van der Waals surface area contributed by atoms with Gasteiger partial charge in [-0.15, -0.1) is 0 Å². The maximum atomic E-state index is 11.8. The lowest BCUT2D eigenvalue weighted by atomic mass is 10.1. The van der Waals surface area contributed by atoms with Crippen molar-refractivity contribution in [3.8, 4) is 0 Å². The average molecular weight is 282 g/mol. The van der Waals surface area contributed by atoms with Crippen molar-refractivity contribution in [1.82, 2.24) is 0 Å². The Bertz CT molecular complexity index is 648. The second kappa shape index (κ2) is 6.70. The molecule has 0 aromatic heterocycles. The number of anilines is 2. The summed E-state index contributed by atoms with van der Waals surface area (Å²) in [6, 6.07) is 14.7. The zero-order valence-corrected chi connectivity index (χ0v) is 12.1. The van der Waals surface area contributed by atoms with Crippen LogP contribution in [-0.4, -0.2) is 18.2 Å². The highest BCUT2D eigenvalue weighted by molar-refractivity contribution is 5.96. The van der Waals surface area contributed by atoms with Crippen LogP contribution in [0.4, 0.5) is 11.4 Å². The van der Waals surface area contributed by atoms with Crippen molar-refractivity contribution in [1.29, 1.82) is 0 Å². The summed E-state index contributed by atoms with van der Waals surface area (Å²) in [6.07, 6.45) is 0. The van der Waals surface area contributed by atoms with Gasteiger partial charge in [0.2, 0.25) is 5.91 Å². The summed E-state index contributed by atoms with van der Waals surface area (Å²) in [4.78, 5) is 23.0. The number of hydrogen-bond donors (Lipinski definition) is 2. The first-order chi connectivity index (χ1) is 10.0. The third-order valence-electron chi connectivity index (χ3n) is 3.05. The molecule has 2 aromatic rings. The summed E-state index contributed by atoms with van der Waals surface area (Å²) in [5.41, 5.74) is 3.36. The fraction of sp³-hybridized carbons (Fsp3) is 0.176. The molecule has 0 radical (unpaired) electrons. The Morgan fingerprint density at radius 3 is 2.33 bits per heavy atom. The molecule has 2 N–H and O–H groups in total. The molecule has 0 spiro atoms. The molecule has 0 saturated heterocycles. The fourth-order valence-corrected chi connectivity index (χ4v) is 1.93. The first kappa shape index (κ1) is 14.8. The number of benzene rings is 2. The minimum absolute atomic E-state index is 0.00832. The van der Waals surface area contributed by atoms with Crippen molar-refractivity contribution in [2.75, 3.05) is 17.2 Å². The monoisotopic (exact) mass is 282 g/mol. The molecule has 0 aliphatic carbocycles. The lowest BCUT2D eigenvalue weighted by molar-refractivity contribution is -0.114. The molecule has 0 unspecified atom stereocenters. The van der Waals surface area contributed by atoms with Gasteiger partial charge in [-0.25, -0.2) is 0 Å². The van der Waals surface area contributed by atoms with E-state index in [2.05, 4.69) is 10.6 Å². The van der Waals surface area contributed by atoms with E-state index in [0.717, 1.165) is 11.3 Å².